The lowest BCUT2D eigenvalue weighted by Gasteiger charge is -2.11. The molecule has 0 unspecified atom stereocenters. The third kappa shape index (κ3) is 3.72. The summed E-state index contributed by atoms with van der Waals surface area (Å²) in [4.78, 5) is 34.1. The van der Waals surface area contributed by atoms with Crippen molar-refractivity contribution in [3.05, 3.63) is 77.5 Å². The van der Waals surface area contributed by atoms with Gasteiger partial charge in [0.1, 0.15) is 15.4 Å². The van der Waals surface area contributed by atoms with Crippen LogP contribution < -0.4 is 5.32 Å². The lowest BCUT2D eigenvalue weighted by Crippen LogP contribution is -2.13. The largest absolute Gasteiger partial charge is 0.465 e. The molecule has 0 saturated heterocycles. The number of ether oxygens (including phenoxy) is 1. The van der Waals surface area contributed by atoms with Crippen LogP contribution in [0, 0.1) is 6.92 Å². The van der Waals surface area contributed by atoms with E-state index in [2.05, 4.69) is 20.0 Å². The van der Waals surface area contributed by atoms with Gasteiger partial charge in [-0.25, -0.2) is 14.8 Å². The van der Waals surface area contributed by atoms with E-state index in [9.17, 15) is 9.59 Å². The van der Waals surface area contributed by atoms with E-state index in [0.717, 1.165) is 26.5 Å². The average molecular weight is 403 g/mol. The Morgan fingerprint density at radius 1 is 1.00 bits per heavy atom. The lowest BCUT2D eigenvalue weighted by atomic mass is 10.1. The molecule has 0 aliphatic carbocycles. The van der Waals surface area contributed by atoms with Gasteiger partial charge in [-0.2, -0.15) is 0 Å². The minimum Gasteiger partial charge on any atom is -0.465 e. The van der Waals surface area contributed by atoms with E-state index in [1.165, 1.54) is 18.4 Å². The molecule has 0 aliphatic heterocycles. The van der Waals surface area contributed by atoms with E-state index in [-0.39, 0.29) is 5.91 Å². The van der Waals surface area contributed by atoms with Crippen LogP contribution in [0.4, 0.5) is 5.69 Å². The number of aromatic nitrogens is 2. The molecule has 6 nitrogen and oxygen atoms in total. The number of methoxy groups -OCH3 is 1. The zero-order chi connectivity index (χ0) is 20.4. The van der Waals surface area contributed by atoms with Crippen molar-refractivity contribution >= 4 is 39.2 Å². The molecule has 0 spiro atoms. The number of nitrogens with zero attached hydrogens (tertiary/aromatic N) is 2. The topological polar surface area (TPSA) is 81.2 Å². The predicted molar refractivity (Wildman–Crippen MR) is 113 cm³/mol. The first-order valence-corrected chi connectivity index (χ1v) is 9.70. The molecular formula is C22H17N3O3S. The van der Waals surface area contributed by atoms with Crippen LogP contribution in [-0.2, 0) is 4.74 Å². The summed E-state index contributed by atoms with van der Waals surface area (Å²) in [6.45, 7) is 1.95. The molecule has 2 aromatic heterocycles. The van der Waals surface area contributed by atoms with E-state index in [4.69, 9.17) is 0 Å². The van der Waals surface area contributed by atoms with Crippen molar-refractivity contribution in [3.63, 3.8) is 0 Å². The SMILES string of the molecule is COC(=O)c1ccc(C(=O)Nc2cccc(-c3nc4cccnc4s3)c2C)cc1. The third-order valence-corrected chi connectivity index (χ3v) is 5.56. The second kappa shape index (κ2) is 7.81. The van der Waals surface area contributed by atoms with Gasteiger partial charge in [0.2, 0.25) is 0 Å². The molecule has 4 aromatic rings. The van der Waals surface area contributed by atoms with Crippen molar-refractivity contribution in [2.75, 3.05) is 12.4 Å². The highest BCUT2D eigenvalue weighted by molar-refractivity contribution is 7.21. The molecule has 1 amide bonds. The number of anilines is 1. The van der Waals surface area contributed by atoms with Crippen molar-refractivity contribution in [3.8, 4) is 10.6 Å². The Morgan fingerprint density at radius 3 is 2.48 bits per heavy atom. The van der Waals surface area contributed by atoms with Gasteiger partial charge in [0.05, 0.1) is 12.7 Å². The molecule has 7 heteroatoms. The van der Waals surface area contributed by atoms with Gasteiger partial charge in [0.25, 0.3) is 5.91 Å². The number of fused-ring (bicyclic) bond motifs is 1. The van der Waals surface area contributed by atoms with Gasteiger partial charge < -0.3 is 10.1 Å². The number of rotatable bonds is 4. The predicted octanol–water partition coefficient (Wildman–Crippen LogP) is 4.71. The Kier molecular flexibility index (Phi) is 5.05. The zero-order valence-corrected chi connectivity index (χ0v) is 16.6. The Hall–Kier alpha value is -3.58. The molecule has 0 bridgehead atoms. The molecule has 2 aromatic carbocycles. The Labute approximate surface area is 171 Å². The number of thiazole rings is 1. The standard InChI is InChI=1S/C22H17N3O3S/c1-13-16(20-25-18-7-4-12-23-21(18)29-20)5-3-6-17(13)24-19(26)14-8-10-15(11-9-14)22(27)28-2/h3-12H,1-2H3,(H,24,26). The smallest absolute Gasteiger partial charge is 0.337 e. The lowest BCUT2D eigenvalue weighted by molar-refractivity contribution is 0.0600. The van der Waals surface area contributed by atoms with E-state index < -0.39 is 5.97 Å². The van der Waals surface area contributed by atoms with Gasteiger partial charge in [-0.1, -0.05) is 23.5 Å². The Bertz CT molecular complexity index is 1180. The van der Waals surface area contributed by atoms with Gasteiger partial charge in [-0.3, -0.25) is 4.79 Å². The fourth-order valence-electron chi connectivity index (χ4n) is 2.96. The fourth-order valence-corrected chi connectivity index (χ4v) is 3.95. The molecule has 0 radical (unpaired) electrons. The first-order chi connectivity index (χ1) is 14.1. The summed E-state index contributed by atoms with van der Waals surface area (Å²) in [5.74, 6) is -0.696. The maximum atomic E-state index is 12.7. The number of esters is 1. The molecule has 144 valence electrons. The number of carbonyl (C=O) groups excluding carboxylic acids is 2. The van der Waals surface area contributed by atoms with Gasteiger partial charge in [0.15, 0.2) is 0 Å². The second-order valence-corrected chi connectivity index (χ2v) is 7.33. The summed E-state index contributed by atoms with van der Waals surface area (Å²) < 4.78 is 4.68. The Balaban J connectivity index is 1.60. The van der Waals surface area contributed by atoms with Crippen LogP contribution in [0.3, 0.4) is 0 Å². The number of amides is 1. The molecule has 1 N–H and O–H groups in total. The van der Waals surface area contributed by atoms with Crippen molar-refractivity contribution < 1.29 is 14.3 Å². The number of pyridine rings is 1. The second-order valence-electron chi connectivity index (χ2n) is 6.35. The zero-order valence-electron chi connectivity index (χ0n) is 15.8. The maximum absolute atomic E-state index is 12.7. The average Bonchev–Trinajstić information content (AvgIpc) is 3.18. The van der Waals surface area contributed by atoms with E-state index in [0.29, 0.717) is 16.8 Å². The quantitative estimate of drug-likeness (QED) is 0.499. The number of nitrogens with one attached hydrogen (secondary N) is 1. The summed E-state index contributed by atoms with van der Waals surface area (Å²) in [5.41, 5.74) is 4.28. The molecule has 0 atom stereocenters. The van der Waals surface area contributed by atoms with Gasteiger partial charge in [-0.05, 0) is 55.0 Å². The van der Waals surface area contributed by atoms with Gasteiger partial charge >= 0.3 is 5.97 Å². The van der Waals surface area contributed by atoms with Crippen molar-refractivity contribution in [1.29, 1.82) is 0 Å². The van der Waals surface area contributed by atoms with Crippen LogP contribution in [0.2, 0.25) is 0 Å². The summed E-state index contributed by atoms with van der Waals surface area (Å²) in [7, 11) is 1.32. The number of carbonyl (C=O) groups is 2. The maximum Gasteiger partial charge on any atom is 0.337 e. The summed E-state index contributed by atoms with van der Waals surface area (Å²) in [6.07, 6.45) is 1.75. The number of benzene rings is 2. The van der Waals surface area contributed by atoms with Crippen molar-refractivity contribution in [2.45, 2.75) is 6.92 Å². The van der Waals surface area contributed by atoms with E-state index in [1.807, 2.05) is 37.3 Å². The highest BCUT2D eigenvalue weighted by Crippen LogP contribution is 2.33. The molecule has 4 rings (SSSR count). The first-order valence-electron chi connectivity index (χ1n) is 8.88. The summed E-state index contributed by atoms with van der Waals surface area (Å²) >= 11 is 1.52. The van der Waals surface area contributed by atoms with Crippen LogP contribution >= 0.6 is 11.3 Å². The molecule has 0 saturated carbocycles. The molecule has 0 fully saturated rings. The van der Waals surface area contributed by atoms with Crippen molar-refractivity contribution in [2.24, 2.45) is 0 Å². The number of hydrogen-bond donors (Lipinski definition) is 1. The molecule has 29 heavy (non-hydrogen) atoms. The van der Waals surface area contributed by atoms with Crippen molar-refractivity contribution in [1.82, 2.24) is 9.97 Å². The van der Waals surface area contributed by atoms with Gasteiger partial charge in [0, 0.05) is 23.0 Å². The highest BCUT2D eigenvalue weighted by Gasteiger charge is 2.14. The normalized spacial score (nSPS) is 10.7. The van der Waals surface area contributed by atoms with Crippen LogP contribution in [-0.4, -0.2) is 29.0 Å². The first kappa shape index (κ1) is 18.8. The van der Waals surface area contributed by atoms with E-state index in [1.54, 1.807) is 30.5 Å². The fraction of sp³-hybridized carbons (Fsp3) is 0.0909. The Morgan fingerprint density at radius 2 is 1.76 bits per heavy atom. The van der Waals surface area contributed by atoms with E-state index >= 15 is 0 Å². The van der Waals surface area contributed by atoms with Crippen LogP contribution in [0.5, 0.6) is 0 Å². The highest BCUT2D eigenvalue weighted by atomic mass is 32.1. The van der Waals surface area contributed by atoms with Gasteiger partial charge in [-0.15, -0.1) is 0 Å². The summed E-state index contributed by atoms with van der Waals surface area (Å²) in [5, 5.41) is 3.80. The monoisotopic (exact) mass is 403 g/mol. The van der Waals surface area contributed by atoms with Crippen LogP contribution in [0.1, 0.15) is 26.3 Å². The molecular weight excluding hydrogens is 386 g/mol. The molecule has 2 heterocycles. The minimum atomic E-state index is -0.439. The van der Waals surface area contributed by atoms with Crippen LogP contribution in [0.25, 0.3) is 20.9 Å². The summed E-state index contributed by atoms with van der Waals surface area (Å²) in [6, 6.07) is 15.8. The number of hydrogen-bond acceptors (Lipinski definition) is 6. The minimum absolute atomic E-state index is 0.257. The third-order valence-electron chi connectivity index (χ3n) is 4.55. The molecule has 0 aliphatic rings. The van der Waals surface area contributed by atoms with Crippen LogP contribution in [0.15, 0.2) is 60.8 Å².